The van der Waals surface area contributed by atoms with E-state index in [4.69, 9.17) is 23.2 Å². The number of hydrogen-bond acceptors (Lipinski definition) is 2. The lowest BCUT2D eigenvalue weighted by molar-refractivity contribution is 0.0726. The van der Waals surface area contributed by atoms with Crippen molar-refractivity contribution in [1.82, 2.24) is 10.2 Å². The van der Waals surface area contributed by atoms with Crippen molar-refractivity contribution in [1.29, 1.82) is 0 Å². The molecule has 1 saturated heterocycles. The molecule has 21 heavy (non-hydrogen) atoms. The molecule has 1 aromatic carbocycles. The zero-order valence-corrected chi connectivity index (χ0v) is 13.4. The first-order valence-corrected chi connectivity index (χ1v) is 7.12. The summed E-state index contributed by atoms with van der Waals surface area (Å²) in [6.45, 7) is 2.50. The lowest BCUT2D eigenvalue weighted by Crippen LogP contribution is -2.45. The van der Waals surface area contributed by atoms with Crippen LogP contribution < -0.4 is 5.32 Å². The molecule has 0 aromatic heterocycles. The van der Waals surface area contributed by atoms with E-state index in [1.165, 1.54) is 12.1 Å². The molecular formula is C13H16Cl3F3N2. The highest BCUT2D eigenvalue weighted by molar-refractivity contribution is 6.42. The lowest BCUT2D eigenvalue weighted by atomic mass is 10.0. The maximum atomic E-state index is 14.1. The van der Waals surface area contributed by atoms with Crippen molar-refractivity contribution in [3.8, 4) is 0 Å². The predicted octanol–water partition coefficient (Wildman–Crippen LogP) is 4.16. The minimum absolute atomic E-state index is 0. The zero-order chi connectivity index (χ0) is 14.7. The molecule has 0 unspecified atom stereocenters. The third-order valence-electron chi connectivity index (χ3n) is 3.41. The Bertz CT molecular complexity index is 468. The topological polar surface area (TPSA) is 15.3 Å². The van der Waals surface area contributed by atoms with Crippen molar-refractivity contribution in [2.45, 2.75) is 18.9 Å². The summed E-state index contributed by atoms with van der Waals surface area (Å²) in [5, 5.41) is 3.34. The molecule has 120 valence electrons. The van der Waals surface area contributed by atoms with E-state index in [1.807, 2.05) is 4.90 Å². The van der Waals surface area contributed by atoms with E-state index in [-0.39, 0.29) is 28.0 Å². The third kappa shape index (κ3) is 4.63. The molecule has 8 heteroatoms. The van der Waals surface area contributed by atoms with Gasteiger partial charge in [-0.25, -0.2) is 13.2 Å². The molecule has 1 N–H and O–H groups in total. The summed E-state index contributed by atoms with van der Waals surface area (Å²) in [5.74, 6) is -0.594. The maximum Gasteiger partial charge on any atom is 0.240 e. The van der Waals surface area contributed by atoms with Gasteiger partial charge in [0.1, 0.15) is 5.82 Å². The first-order valence-electron chi connectivity index (χ1n) is 6.37. The summed E-state index contributed by atoms with van der Waals surface area (Å²) in [6, 6.07) is 1.74. The number of piperazine rings is 1. The Balaban J connectivity index is 0.00000220. The summed E-state index contributed by atoms with van der Waals surface area (Å²) in [7, 11) is 0. The van der Waals surface area contributed by atoms with Gasteiger partial charge in [-0.15, -0.1) is 12.4 Å². The minimum Gasteiger partial charge on any atom is -0.314 e. The van der Waals surface area contributed by atoms with Crippen molar-refractivity contribution in [2.75, 3.05) is 26.2 Å². The second-order valence-electron chi connectivity index (χ2n) is 4.69. The number of nitrogens with one attached hydrogen (secondary N) is 1. The highest BCUT2D eigenvalue weighted by atomic mass is 35.5. The van der Waals surface area contributed by atoms with Crippen molar-refractivity contribution in [3.05, 3.63) is 33.6 Å². The molecule has 1 atom stereocenters. The van der Waals surface area contributed by atoms with Crippen LogP contribution in [0.5, 0.6) is 0 Å². The average molecular weight is 364 g/mol. The van der Waals surface area contributed by atoms with Crippen LogP contribution in [0.15, 0.2) is 12.1 Å². The summed E-state index contributed by atoms with van der Waals surface area (Å²) in [5.41, 5.74) is 0.0707. The summed E-state index contributed by atoms with van der Waals surface area (Å²) >= 11 is 11.9. The summed E-state index contributed by atoms with van der Waals surface area (Å²) < 4.78 is 39.8. The SMILES string of the molecule is Cl.Fc1ccc(Cl)c(Cl)c1[C@@H](CC(F)F)N1CCNCC1. The van der Waals surface area contributed by atoms with E-state index >= 15 is 0 Å². The van der Waals surface area contributed by atoms with Gasteiger partial charge in [0.2, 0.25) is 6.43 Å². The Hall–Kier alpha value is -0.200. The van der Waals surface area contributed by atoms with Crippen molar-refractivity contribution >= 4 is 35.6 Å². The standard InChI is InChI=1S/C13H15Cl2F3N2.ClH/c14-8-1-2-9(16)12(13(8)15)10(7-11(17)18)20-5-3-19-4-6-20;/h1-2,10-11,19H,3-7H2;1H/t10-;/m1./s1. The second kappa shape index (κ2) is 8.44. The predicted molar refractivity (Wildman–Crippen MR) is 81.5 cm³/mol. The monoisotopic (exact) mass is 362 g/mol. The van der Waals surface area contributed by atoms with E-state index < -0.39 is 24.7 Å². The molecule has 0 aliphatic carbocycles. The average Bonchev–Trinajstić information content (AvgIpc) is 2.43. The van der Waals surface area contributed by atoms with Crippen molar-refractivity contribution in [3.63, 3.8) is 0 Å². The number of rotatable bonds is 4. The van der Waals surface area contributed by atoms with Gasteiger partial charge in [0.25, 0.3) is 0 Å². The number of halogens is 6. The van der Waals surface area contributed by atoms with Crippen LogP contribution in [-0.2, 0) is 0 Å². The maximum absolute atomic E-state index is 14.1. The molecule has 0 spiro atoms. The molecule has 2 nitrogen and oxygen atoms in total. The van der Waals surface area contributed by atoms with E-state index in [0.717, 1.165) is 0 Å². The molecule has 1 aliphatic rings. The quantitative estimate of drug-likeness (QED) is 0.808. The fourth-order valence-electron chi connectivity index (χ4n) is 2.46. The van der Waals surface area contributed by atoms with Gasteiger partial charge in [0.05, 0.1) is 10.0 Å². The van der Waals surface area contributed by atoms with Gasteiger partial charge in [0, 0.05) is 44.2 Å². The first kappa shape index (κ1) is 18.8. The van der Waals surface area contributed by atoms with Gasteiger partial charge in [-0.2, -0.15) is 0 Å². The fourth-order valence-corrected chi connectivity index (χ4v) is 2.90. The van der Waals surface area contributed by atoms with Gasteiger partial charge < -0.3 is 5.32 Å². The molecular weight excluding hydrogens is 348 g/mol. The van der Waals surface area contributed by atoms with Gasteiger partial charge in [-0.1, -0.05) is 23.2 Å². The van der Waals surface area contributed by atoms with Crippen molar-refractivity contribution in [2.24, 2.45) is 0 Å². The van der Waals surface area contributed by atoms with Crippen LogP contribution in [0.3, 0.4) is 0 Å². The van der Waals surface area contributed by atoms with E-state index in [1.54, 1.807) is 0 Å². The van der Waals surface area contributed by atoms with Gasteiger partial charge >= 0.3 is 0 Å². The third-order valence-corrected chi connectivity index (χ3v) is 4.23. The second-order valence-corrected chi connectivity index (χ2v) is 5.47. The zero-order valence-electron chi connectivity index (χ0n) is 11.1. The number of benzene rings is 1. The number of hydrogen-bond donors (Lipinski definition) is 1. The van der Waals surface area contributed by atoms with E-state index in [2.05, 4.69) is 5.32 Å². The summed E-state index contributed by atoms with van der Waals surface area (Å²) in [4.78, 5) is 1.82. The smallest absolute Gasteiger partial charge is 0.240 e. The molecule has 1 fully saturated rings. The molecule has 0 bridgehead atoms. The fraction of sp³-hybridized carbons (Fsp3) is 0.538. The Labute approximate surface area is 138 Å². The highest BCUT2D eigenvalue weighted by Gasteiger charge is 2.30. The molecule has 0 radical (unpaired) electrons. The van der Waals surface area contributed by atoms with Crippen LogP contribution in [-0.4, -0.2) is 37.5 Å². The lowest BCUT2D eigenvalue weighted by Gasteiger charge is -2.35. The first-order chi connectivity index (χ1) is 9.50. The number of nitrogens with zero attached hydrogens (tertiary/aromatic N) is 1. The molecule has 1 aliphatic heterocycles. The van der Waals surface area contributed by atoms with Crippen LogP contribution in [0.25, 0.3) is 0 Å². The van der Waals surface area contributed by atoms with Crippen LogP contribution in [0, 0.1) is 5.82 Å². The van der Waals surface area contributed by atoms with Crippen LogP contribution in [0.1, 0.15) is 18.0 Å². The molecule has 1 heterocycles. The van der Waals surface area contributed by atoms with Gasteiger partial charge in [0.15, 0.2) is 0 Å². The van der Waals surface area contributed by atoms with E-state index in [9.17, 15) is 13.2 Å². The minimum atomic E-state index is -2.54. The normalized spacial score (nSPS) is 17.6. The van der Waals surface area contributed by atoms with Crippen LogP contribution in [0.4, 0.5) is 13.2 Å². The highest BCUT2D eigenvalue weighted by Crippen LogP contribution is 2.37. The molecule has 0 saturated carbocycles. The van der Waals surface area contributed by atoms with E-state index in [0.29, 0.717) is 26.2 Å². The largest absolute Gasteiger partial charge is 0.314 e. The van der Waals surface area contributed by atoms with Gasteiger partial charge in [-0.05, 0) is 12.1 Å². The summed E-state index contributed by atoms with van der Waals surface area (Å²) in [6.07, 6.45) is -3.00. The Morgan fingerprint density at radius 1 is 1.19 bits per heavy atom. The molecule has 2 rings (SSSR count). The van der Waals surface area contributed by atoms with Gasteiger partial charge in [-0.3, -0.25) is 4.90 Å². The van der Waals surface area contributed by atoms with Crippen LogP contribution in [0.2, 0.25) is 10.0 Å². The van der Waals surface area contributed by atoms with Crippen molar-refractivity contribution < 1.29 is 13.2 Å². The Kier molecular flexibility index (Phi) is 7.57. The van der Waals surface area contributed by atoms with Crippen LogP contribution >= 0.6 is 35.6 Å². The molecule has 0 amide bonds. The Morgan fingerprint density at radius 2 is 1.81 bits per heavy atom. The Morgan fingerprint density at radius 3 is 2.38 bits per heavy atom. The molecule has 1 aromatic rings. The number of alkyl halides is 2.